The Morgan fingerprint density at radius 1 is 1.75 bits per heavy atom. The minimum Gasteiger partial charge on any atom is -0.481 e. The lowest BCUT2D eigenvalue weighted by Gasteiger charge is -2.05. The van der Waals surface area contributed by atoms with Crippen LogP contribution in [-0.2, 0) is 4.79 Å². The molecule has 0 aromatic carbocycles. The van der Waals surface area contributed by atoms with E-state index in [-0.39, 0.29) is 0 Å². The second kappa shape index (κ2) is 3.62. The Morgan fingerprint density at radius 2 is 2.42 bits per heavy atom. The van der Waals surface area contributed by atoms with Gasteiger partial charge in [-0.1, -0.05) is 0 Å². The Hall–Kier alpha value is -0.970. The van der Waals surface area contributed by atoms with E-state index in [1.807, 2.05) is 0 Å². The zero-order chi connectivity index (χ0) is 9.14. The highest BCUT2D eigenvalue weighted by atomic mass is 79.9. The van der Waals surface area contributed by atoms with Crippen LogP contribution >= 0.6 is 15.9 Å². The molecule has 0 bridgehead atoms. The first-order chi connectivity index (χ1) is 5.63. The standard InChI is InChI=1S/C7H7BrN2O2/c1-4(7(11)12)6-5(8)2-9-3-10-6/h2-4H,1H3,(H,11,12). The number of aliphatic carboxylic acids is 1. The smallest absolute Gasteiger partial charge is 0.312 e. The van der Waals surface area contributed by atoms with Crippen LogP contribution in [0.3, 0.4) is 0 Å². The maximum atomic E-state index is 10.6. The van der Waals surface area contributed by atoms with E-state index in [4.69, 9.17) is 5.11 Å². The number of halogens is 1. The van der Waals surface area contributed by atoms with Gasteiger partial charge in [-0.05, 0) is 22.9 Å². The van der Waals surface area contributed by atoms with Crippen molar-refractivity contribution in [3.8, 4) is 0 Å². The zero-order valence-corrected chi connectivity index (χ0v) is 7.95. The summed E-state index contributed by atoms with van der Waals surface area (Å²) in [6, 6.07) is 0. The van der Waals surface area contributed by atoms with Gasteiger partial charge >= 0.3 is 5.97 Å². The lowest BCUT2D eigenvalue weighted by Crippen LogP contribution is -2.09. The molecule has 0 spiro atoms. The third-order valence-corrected chi connectivity index (χ3v) is 2.09. The Bertz CT molecular complexity index is 303. The van der Waals surface area contributed by atoms with Crippen LogP contribution in [0.1, 0.15) is 18.5 Å². The van der Waals surface area contributed by atoms with Gasteiger partial charge in [0.15, 0.2) is 0 Å². The van der Waals surface area contributed by atoms with Gasteiger partial charge in [0.1, 0.15) is 6.33 Å². The molecule has 1 unspecified atom stereocenters. The Balaban J connectivity index is 3.02. The van der Waals surface area contributed by atoms with Gasteiger partial charge < -0.3 is 5.11 Å². The van der Waals surface area contributed by atoms with Gasteiger partial charge in [-0.3, -0.25) is 4.79 Å². The monoisotopic (exact) mass is 230 g/mol. The fraction of sp³-hybridized carbons (Fsp3) is 0.286. The normalized spacial score (nSPS) is 12.5. The molecular weight excluding hydrogens is 224 g/mol. The van der Waals surface area contributed by atoms with E-state index in [9.17, 15) is 4.79 Å². The van der Waals surface area contributed by atoms with Crippen molar-refractivity contribution in [1.82, 2.24) is 9.97 Å². The summed E-state index contributed by atoms with van der Waals surface area (Å²) in [7, 11) is 0. The number of hydrogen-bond donors (Lipinski definition) is 1. The summed E-state index contributed by atoms with van der Waals surface area (Å²) in [5, 5.41) is 8.68. The molecule has 1 atom stereocenters. The van der Waals surface area contributed by atoms with E-state index in [2.05, 4.69) is 25.9 Å². The van der Waals surface area contributed by atoms with E-state index >= 15 is 0 Å². The molecule has 0 aliphatic carbocycles. The molecule has 0 saturated carbocycles. The maximum Gasteiger partial charge on any atom is 0.312 e. The number of carbonyl (C=O) groups is 1. The average molecular weight is 231 g/mol. The summed E-state index contributed by atoms with van der Waals surface area (Å²) >= 11 is 3.18. The molecule has 0 aliphatic heterocycles. The van der Waals surface area contributed by atoms with Gasteiger partial charge in [0, 0.05) is 6.20 Å². The summed E-state index contributed by atoms with van der Waals surface area (Å²) in [4.78, 5) is 18.2. The van der Waals surface area contributed by atoms with E-state index in [0.717, 1.165) is 0 Å². The molecule has 0 radical (unpaired) electrons. The summed E-state index contributed by atoms with van der Waals surface area (Å²) in [6.45, 7) is 1.58. The van der Waals surface area contributed by atoms with Gasteiger partial charge in [-0.15, -0.1) is 0 Å². The van der Waals surface area contributed by atoms with Crippen LogP contribution in [-0.4, -0.2) is 21.0 Å². The van der Waals surface area contributed by atoms with Crippen molar-refractivity contribution in [3.63, 3.8) is 0 Å². The van der Waals surface area contributed by atoms with Crippen LogP contribution < -0.4 is 0 Å². The summed E-state index contributed by atoms with van der Waals surface area (Å²) in [5.74, 6) is -1.50. The van der Waals surface area contributed by atoms with Gasteiger partial charge in [0.2, 0.25) is 0 Å². The van der Waals surface area contributed by atoms with Gasteiger partial charge in [-0.2, -0.15) is 0 Å². The number of carboxylic acid groups (broad SMARTS) is 1. The fourth-order valence-corrected chi connectivity index (χ4v) is 1.32. The van der Waals surface area contributed by atoms with Crippen LogP contribution in [0, 0.1) is 0 Å². The molecule has 12 heavy (non-hydrogen) atoms. The van der Waals surface area contributed by atoms with Crippen LogP contribution in [0.15, 0.2) is 17.0 Å². The minimum atomic E-state index is -0.894. The highest BCUT2D eigenvalue weighted by Crippen LogP contribution is 2.20. The highest BCUT2D eigenvalue weighted by molar-refractivity contribution is 9.10. The van der Waals surface area contributed by atoms with Crippen molar-refractivity contribution >= 4 is 21.9 Å². The SMILES string of the molecule is CC(C(=O)O)c1ncncc1Br. The second-order valence-electron chi connectivity index (χ2n) is 2.32. The first kappa shape index (κ1) is 9.12. The zero-order valence-electron chi connectivity index (χ0n) is 6.36. The quantitative estimate of drug-likeness (QED) is 0.836. The summed E-state index contributed by atoms with van der Waals surface area (Å²) < 4.78 is 0.625. The van der Waals surface area contributed by atoms with Crippen LogP contribution in [0.4, 0.5) is 0 Å². The van der Waals surface area contributed by atoms with Gasteiger partial charge in [0.05, 0.1) is 16.1 Å². The Kier molecular flexibility index (Phi) is 2.75. The van der Waals surface area contributed by atoms with Crippen molar-refractivity contribution in [2.24, 2.45) is 0 Å². The van der Waals surface area contributed by atoms with Crippen molar-refractivity contribution in [2.75, 3.05) is 0 Å². The molecule has 4 nitrogen and oxygen atoms in total. The van der Waals surface area contributed by atoms with E-state index < -0.39 is 11.9 Å². The van der Waals surface area contributed by atoms with Crippen LogP contribution in [0.2, 0.25) is 0 Å². The summed E-state index contributed by atoms with van der Waals surface area (Å²) in [5.41, 5.74) is 0.498. The van der Waals surface area contributed by atoms with Crippen molar-refractivity contribution in [2.45, 2.75) is 12.8 Å². The van der Waals surface area contributed by atoms with Gasteiger partial charge in [0.25, 0.3) is 0 Å². The first-order valence-corrected chi connectivity index (χ1v) is 4.10. The van der Waals surface area contributed by atoms with E-state index in [1.165, 1.54) is 12.5 Å². The lowest BCUT2D eigenvalue weighted by atomic mass is 10.1. The van der Waals surface area contributed by atoms with Crippen molar-refractivity contribution in [1.29, 1.82) is 0 Å². The molecule has 1 rings (SSSR count). The number of rotatable bonds is 2. The third-order valence-electron chi connectivity index (χ3n) is 1.48. The molecule has 64 valence electrons. The first-order valence-electron chi connectivity index (χ1n) is 3.31. The topological polar surface area (TPSA) is 63.1 Å². The summed E-state index contributed by atoms with van der Waals surface area (Å²) in [6.07, 6.45) is 2.86. The molecule has 1 heterocycles. The molecular formula is C7H7BrN2O2. The molecule has 1 N–H and O–H groups in total. The third kappa shape index (κ3) is 1.79. The number of hydrogen-bond acceptors (Lipinski definition) is 3. The van der Waals surface area contributed by atoms with Crippen molar-refractivity contribution in [3.05, 3.63) is 22.7 Å². The molecule has 1 aromatic rings. The second-order valence-corrected chi connectivity index (χ2v) is 3.17. The van der Waals surface area contributed by atoms with Crippen molar-refractivity contribution < 1.29 is 9.90 Å². The molecule has 0 saturated heterocycles. The lowest BCUT2D eigenvalue weighted by molar-refractivity contribution is -0.138. The molecule has 0 amide bonds. The van der Waals surface area contributed by atoms with E-state index in [1.54, 1.807) is 6.92 Å². The molecule has 1 aromatic heterocycles. The molecule has 0 fully saturated rings. The Morgan fingerprint density at radius 3 is 2.92 bits per heavy atom. The molecule has 5 heteroatoms. The predicted molar refractivity (Wildman–Crippen MR) is 45.8 cm³/mol. The Labute approximate surface area is 77.8 Å². The highest BCUT2D eigenvalue weighted by Gasteiger charge is 2.17. The number of nitrogens with zero attached hydrogens (tertiary/aromatic N) is 2. The predicted octanol–water partition coefficient (Wildman–Crippen LogP) is 1.43. The average Bonchev–Trinajstić information content (AvgIpc) is 2.04. The molecule has 0 aliphatic rings. The fourth-order valence-electron chi connectivity index (χ4n) is 0.758. The number of aromatic nitrogens is 2. The van der Waals surface area contributed by atoms with Crippen LogP contribution in [0.25, 0.3) is 0 Å². The minimum absolute atomic E-state index is 0.498. The van der Waals surface area contributed by atoms with E-state index in [0.29, 0.717) is 10.2 Å². The number of carboxylic acids is 1. The van der Waals surface area contributed by atoms with Crippen LogP contribution in [0.5, 0.6) is 0 Å². The maximum absolute atomic E-state index is 10.6. The largest absolute Gasteiger partial charge is 0.481 e. The van der Waals surface area contributed by atoms with Gasteiger partial charge in [-0.25, -0.2) is 9.97 Å².